The smallest absolute Gasteiger partial charge is 0.222 e. The van der Waals surface area contributed by atoms with Crippen molar-refractivity contribution in [3.8, 4) is 0 Å². The fourth-order valence-electron chi connectivity index (χ4n) is 2.15. The minimum Gasteiger partial charge on any atom is -0.340 e. The van der Waals surface area contributed by atoms with Gasteiger partial charge in [0.05, 0.1) is 0 Å². The second-order valence-corrected chi connectivity index (χ2v) is 5.52. The highest BCUT2D eigenvalue weighted by Crippen LogP contribution is 2.22. The molecule has 0 aliphatic carbocycles. The van der Waals surface area contributed by atoms with Crippen molar-refractivity contribution in [2.75, 3.05) is 11.9 Å². The second kappa shape index (κ2) is 6.51. The van der Waals surface area contributed by atoms with Gasteiger partial charge in [0.25, 0.3) is 0 Å². The molecule has 2 atom stereocenters. The summed E-state index contributed by atoms with van der Waals surface area (Å²) in [7, 11) is 0. The zero-order chi connectivity index (χ0) is 11.3. The third kappa shape index (κ3) is 4.13. The molecule has 1 aliphatic heterocycles. The van der Waals surface area contributed by atoms with E-state index in [1.165, 1.54) is 12.8 Å². The molecule has 0 aromatic rings. The number of halogens is 1. The fraction of sp³-hybridized carbons (Fsp3) is 0.917. The number of piperidine rings is 1. The number of carbonyl (C=O) groups is 1. The quantitative estimate of drug-likeness (QED) is 0.570. The zero-order valence-corrected chi connectivity index (χ0v) is 11.4. The summed E-state index contributed by atoms with van der Waals surface area (Å²) in [5, 5.41) is 1.01. The Morgan fingerprint density at radius 1 is 1.33 bits per heavy atom. The van der Waals surface area contributed by atoms with Gasteiger partial charge in [-0.15, -0.1) is 0 Å². The number of nitrogens with zero attached hydrogens (tertiary/aromatic N) is 1. The van der Waals surface area contributed by atoms with Gasteiger partial charge in [0, 0.05) is 24.3 Å². The van der Waals surface area contributed by atoms with E-state index in [2.05, 4.69) is 34.7 Å². The number of amides is 1. The molecule has 1 heterocycles. The van der Waals surface area contributed by atoms with E-state index in [9.17, 15) is 4.79 Å². The lowest BCUT2D eigenvalue weighted by molar-refractivity contribution is -0.135. The van der Waals surface area contributed by atoms with Crippen molar-refractivity contribution in [2.45, 2.75) is 52.0 Å². The minimum atomic E-state index is 0.356. The molecule has 1 amide bonds. The first-order valence-electron chi connectivity index (χ1n) is 6.00. The molecule has 1 saturated heterocycles. The van der Waals surface area contributed by atoms with Crippen LogP contribution in [0.4, 0.5) is 0 Å². The zero-order valence-electron chi connectivity index (χ0n) is 9.84. The fourth-order valence-corrected chi connectivity index (χ4v) is 2.55. The third-order valence-electron chi connectivity index (χ3n) is 3.21. The maximum absolute atomic E-state index is 11.9. The lowest BCUT2D eigenvalue weighted by atomic mass is 9.94. The van der Waals surface area contributed by atoms with Crippen LogP contribution in [0.1, 0.15) is 46.0 Å². The Morgan fingerprint density at radius 2 is 2.07 bits per heavy atom. The van der Waals surface area contributed by atoms with Crippen LogP contribution in [-0.2, 0) is 4.79 Å². The van der Waals surface area contributed by atoms with Gasteiger partial charge >= 0.3 is 0 Å². The molecule has 2 unspecified atom stereocenters. The summed E-state index contributed by atoms with van der Waals surface area (Å²) in [6.07, 6.45) is 5.28. The molecule has 2 nitrogen and oxygen atoms in total. The van der Waals surface area contributed by atoms with Crippen molar-refractivity contribution in [1.82, 2.24) is 4.90 Å². The molecule has 1 rings (SSSR count). The van der Waals surface area contributed by atoms with Gasteiger partial charge in [-0.25, -0.2) is 0 Å². The minimum absolute atomic E-state index is 0.356. The number of alkyl halides is 1. The van der Waals surface area contributed by atoms with E-state index in [1.54, 1.807) is 0 Å². The Balaban J connectivity index is 2.35. The maximum Gasteiger partial charge on any atom is 0.222 e. The lowest BCUT2D eigenvalue weighted by Gasteiger charge is -2.37. The molecule has 0 aromatic heterocycles. The van der Waals surface area contributed by atoms with Gasteiger partial charge in [0.15, 0.2) is 0 Å². The molecule has 88 valence electrons. The lowest BCUT2D eigenvalue weighted by Crippen LogP contribution is -2.44. The highest BCUT2D eigenvalue weighted by Gasteiger charge is 2.26. The molecular weight excluding hydrogens is 254 g/mol. The standard InChI is InChI=1S/C12H22BrNO/c1-10-6-7-11(2)14(9-10)12(15)5-3-4-8-13/h10-11H,3-9H2,1-2H3. The predicted octanol–water partition coefficient (Wildman–Crippen LogP) is 3.20. The third-order valence-corrected chi connectivity index (χ3v) is 3.77. The Labute approximate surface area is 102 Å². The molecule has 0 aromatic carbocycles. The summed E-state index contributed by atoms with van der Waals surface area (Å²) in [4.78, 5) is 14.0. The van der Waals surface area contributed by atoms with Crippen molar-refractivity contribution >= 4 is 21.8 Å². The molecule has 0 bridgehead atoms. The predicted molar refractivity (Wildman–Crippen MR) is 67.2 cm³/mol. The van der Waals surface area contributed by atoms with Crippen LogP contribution in [0, 0.1) is 5.92 Å². The van der Waals surface area contributed by atoms with Gasteiger partial charge in [-0.05, 0) is 38.5 Å². The Kier molecular flexibility index (Phi) is 5.65. The van der Waals surface area contributed by atoms with Crippen molar-refractivity contribution in [2.24, 2.45) is 5.92 Å². The normalized spacial score (nSPS) is 26.7. The highest BCUT2D eigenvalue weighted by molar-refractivity contribution is 9.09. The molecule has 0 saturated carbocycles. The van der Waals surface area contributed by atoms with E-state index in [1.807, 2.05) is 0 Å². The summed E-state index contributed by atoms with van der Waals surface area (Å²) in [5.74, 6) is 1.04. The van der Waals surface area contributed by atoms with Crippen LogP contribution in [0.25, 0.3) is 0 Å². The van der Waals surface area contributed by atoms with Crippen molar-refractivity contribution in [3.63, 3.8) is 0 Å². The number of rotatable bonds is 4. The SMILES string of the molecule is CC1CCC(C)N(C(=O)CCCCBr)C1. The molecule has 1 fully saturated rings. The number of likely N-dealkylation sites (tertiary alicyclic amines) is 1. The number of hydrogen-bond donors (Lipinski definition) is 0. The van der Waals surface area contributed by atoms with Crippen LogP contribution < -0.4 is 0 Å². The van der Waals surface area contributed by atoms with E-state index in [0.717, 1.165) is 31.1 Å². The highest BCUT2D eigenvalue weighted by atomic mass is 79.9. The molecule has 0 spiro atoms. The monoisotopic (exact) mass is 275 g/mol. The van der Waals surface area contributed by atoms with Crippen molar-refractivity contribution < 1.29 is 4.79 Å². The summed E-state index contributed by atoms with van der Waals surface area (Å²) in [6, 6.07) is 0.456. The molecule has 3 heteroatoms. The number of hydrogen-bond acceptors (Lipinski definition) is 1. The summed E-state index contributed by atoms with van der Waals surface area (Å²) >= 11 is 3.39. The first kappa shape index (κ1) is 13.0. The van der Waals surface area contributed by atoms with Gasteiger partial charge in [-0.1, -0.05) is 22.9 Å². The van der Waals surface area contributed by atoms with Gasteiger partial charge in [0.2, 0.25) is 5.91 Å². The molecule has 0 N–H and O–H groups in total. The molecular formula is C12H22BrNO. The largest absolute Gasteiger partial charge is 0.340 e. The molecule has 1 aliphatic rings. The first-order valence-corrected chi connectivity index (χ1v) is 7.12. The Morgan fingerprint density at radius 3 is 2.73 bits per heavy atom. The molecule has 0 radical (unpaired) electrons. The first-order chi connectivity index (χ1) is 7.15. The van der Waals surface area contributed by atoms with Crippen LogP contribution in [0.5, 0.6) is 0 Å². The average Bonchev–Trinajstić information content (AvgIpc) is 2.22. The number of carbonyl (C=O) groups excluding carboxylic acids is 1. The average molecular weight is 276 g/mol. The van der Waals surface area contributed by atoms with E-state index in [0.29, 0.717) is 17.9 Å². The Bertz CT molecular complexity index is 208. The Hall–Kier alpha value is -0.0500. The van der Waals surface area contributed by atoms with Crippen LogP contribution in [0.3, 0.4) is 0 Å². The summed E-state index contributed by atoms with van der Waals surface area (Å²) in [6.45, 7) is 5.38. The van der Waals surface area contributed by atoms with Crippen LogP contribution >= 0.6 is 15.9 Å². The van der Waals surface area contributed by atoms with E-state index < -0.39 is 0 Å². The van der Waals surface area contributed by atoms with E-state index in [-0.39, 0.29) is 0 Å². The van der Waals surface area contributed by atoms with Gasteiger partial charge in [-0.2, -0.15) is 0 Å². The van der Waals surface area contributed by atoms with Gasteiger partial charge in [0.1, 0.15) is 0 Å². The van der Waals surface area contributed by atoms with Crippen LogP contribution in [0.2, 0.25) is 0 Å². The van der Waals surface area contributed by atoms with Gasteiger partial charge < -0.3 is 4.90 Å². The number of unbranched alkanes of at least 4 members (excludes halogenated alkanes) is 1. The second-order valence-electron chi connectivity index (χ2n) is 4.72. The maximum atomic E-state index is 11.9. The van der Waals surface area contributed by atoms with E-state index in [4.69, 9.17) is 0 Å². The van der Waals surface area contributed by atoms with Crippen LogP contribution in [0.15, 0.2) is 0 Å². The van der Waals surface area contributed by atoms with Crippen molar-refractivity contribution in [3.05, 3.63) is 0 Å². The molecule has 15 heavy (non-hydrogen) atoms. The van der Waals surface area contributed by atoms with Crippen LogP contribution in [-0.4, -0.2) is 28.7 Å². The van der Waals surface area contributed by atoms with Crippen molar-refractivity contribution in [1.29, 1.82) is 0 Å². The van der Waals surface area contributed by atoms with E-state index >= 15 is 0 Å². The van der Waals surface area contributed by atoms with Gasteiger partial charge in [-0.3, -0.25) is 4.79 Å². The summed E-state index contributed by atoms with van der Waals surface area (Å²) in [5.41, 5.74) is 0. The topological polar surface area (TPSA) is 20.3 Å². The summed E-state index contributed by atoms with van der Waals surface area (Å²) < 4.78 is 0.